The Balaban J connectivity index is 1.81. The van der Waals surface area contributed by atoms with Gasteiger partial charge in [0.1, 0.15) is 19.3 Å². The topological polar surface area (TPSA) is 84.9 Å². The van der Waals surface area contributed by atoms with E-state index in [-0.39, 0.29) is 11.9 Å². The van der Waals surface area contributed by atoms with Crippen molar-refractivity contribution < 1.29 is 22.7 Å². The van der Waals surface area contributed by atoms with Crippen LogP contribution in [0.1, 0.15) is 31.9 Å². The number of nitrogens with one attached hydrogen (secondary N) is 1. The van der Waals surface area contributed by atoms with Gasteiger partial charge in [-0.3, -0.25) is 9.10 Å². The number of amides is 1. The third kappa shape index (κ3) is 4.82. The van der Waals surface area contributed by atoms with Crippen LogP contribution in [-0.2, 0) is 14.8 Å². The SMILES string of the molecule is CC[C@H](C(=O)N[C@@H](C)c1ccc2c(c1)OCCO2)N(c1ccccc1)S(C)(=O)=O. The Morgan fingerprint density at radius 3 is 2.38 bits per heavy atom. The van der Waals surface area contributed by atoms with Gasteiger partial charge in [0.15, 0.2) is 11.5 Å². The van der Waals surface area contributed by atoms with Crippen molar-refractivity contribution in [3.8, 4) is 11.5 Å². The molecule has 1 aliphatic heterocycles. The Bertz CT molecular complexity index is 962. The molecule has 0 saturated heterocycles. The fourth-order valence-corrected chi connectivity index (χ4v) is 4.57. The van der Waals surface area contributed by atoms with E-state index < -0.39 is 16.1 Å². The molecule has 29 heavy (non-hydrogen) atoms. The minimum Gasteiger partial charge on any atom is -0.486 e. The van der Waals surface area contributed by atoms with Crippen molar-refractivity contribution >= 4 is 21.6 Å². The molecule has 1 aliphatic rings. The molecule has 7 nitrogen and oxygen atoms in total. The summed E-state index contributed by atoms with van der Waals surface area (Å²) in [7, 11) is -3.65. The molecule has 0 saturated carbocycles. The molecule has 0 radical (unpaired) electrons. The highest BCUT2D eigenvalue weighted by Gasteiger charge is 2.32. The molecular formula is C21H26N2O5S. The maximum absolute atomic E-state index is 13.0. The average molecular weight is 419 g/mol. The Hall–Kier alpha value is -2.74. The van der Waals surface area contributed by atoms with E-state index in [9.17, 15) is 13.2 Å². The first kappa shape index (κ1) is 21.0. The lowest BCUT2D eigenvalue weighted by Gasteiger charge is -2.31. The molecule has 2 atom stereocenters. The molecule has 2 aromatic carbocycles. The summed E-state index contributed by atoms with van der Waals surface area (Å²) >= 11 is 0. The summed E-state index contributed by atoms with van der Waals surface area (Å²) in [6, 6.07) is 13.0. The Labute approximate surface area is 171 Å². The summed E-state index contributed by atoms with van der Waals surface area (Å²) in [4.78, 5) is 13.0. The van der Waals surface area contributed by atoms with Crippen molar-refractivity contribution in [2.45, 2.75) is 32.4 Å². The molecule has 1 heterocycles. The summed E-state index contributed by atoms with van der Waals surface area (Å²) < 4.78 is 37.2. The molecule has 3 rings (SSSR count). The van der Waals surface area contributed by atoms with Crippen LogP contribution in [0.3, 0.4) is 0 Å². The van der Waals surface area contributed by atoms with Gasteiger partial charge in [0, 0.05) is 0 Å². The van der Waals surface area contributed by atoms with Crippen LogP contribution in [0.15, 0.2) is 48.5 Å². The largest absolute Gasteiger partial charge is 0.486 e. The molecule has 0 fully saturated rings. The van der Waals surface area contributed by atoms with E-state index in [2.05, 4.69) is 5.32 Å². The molecule has 0 unspecified atom stereocenters. The van der Waals surface area contributed by atoms with E-state index in [4.69, 9.17) is 9.47 Å². The fourth-order valence-electron chi connectivity index (χ4n) is 3.36. The molecule has 0 aromatic heterocycles. The number of anilines is 1. The van der Waals surface area contributed by atoms with Crippen LogP contribution in [-0.4, -0.2) is 39.8 Å². The van der Waals surface area contributed by atoms with E-state index in [1.54, 1.807) is 37.3 Å². The maximum Gasteiger partial charge on any atom is 0.244 e. The molecule has 0 aliphatic carbocycles. The summed E-state index contributed by atoms with van der Waals surface area (Å²) in [6.07, 6.45) is 1.45. The van der Waals surface area contributed by atoms with Crippen LogP contribution in [0, 0.1) is 0 Å². The molecule has 1 N–H and O–H groups in total. The van der Waals surface area contributed by atoms with Gasteiger partial charge in [-0.05, 0) is 43.2 Å². The highest BCUT2D eigenvalue weighted by molar-refractivity contribution is 7.92. The molecule has 2 aromatic rings. The number of hydrogen-bond acceptors (Lipinski definition) is 5. The summed E-state index contributed by atoms with van der Waals surface area (Å²) in [6.45, 7) is 4.64. The predicted octanol–water partition coefficient (Wildman–Crippen LogP) is 2.88. The van der Waals surface area contributed by atoms with Gasteiger partial charge in [-0.15, -0.1) is 0 Å². The Kier molecular flexibility index (Phi) is 6.32. The first-order valence-corrected chi connectivity index (χ1v) is 11.4. The molecule has 0 spiro atoms. The fraction of sp³-hybridized carbons (Fsp3) is 0.381. The Morgan fingerprint density at radius 2 is 1.76 bits per heavy atom. The zero-order valence-electron chi connectivity index (χ0n) is 16.8. The van der Waals surface area contributed by atoms with E-state index in [1.165, 1.54) is 4.31 Å². The molecule has 8 heteroatoms. The molecule has 1 amide bonds. The van der Waals surface area contributed by atoms with Crippen molar-refractivity contribution in [2.75, 3.05) is 23.8 Å². The third-order valence-corrected chi connectivity index (χ3v) is 5.95. The number of nitrogens with zero attached hydrogens (tertiary/aromatic N) is 1. The second-order valence-electron chi connectivity index (χ2n) is 6.95. The normalized spacial score (nSPS) is 15.3. The second kappa shape index (κ2) is 8.73. The van der Waals surface area contributed by atoms with Gasteiger partial charge < -0.3 is 14.8 Å². The highest BCUT2D eigenvalue weighted by atomic mass is 32.2. The van der Waals surface area contributed by atoms with Crippen molar-refractivity contribution in [3.63, 3.8) is 0 Å². The summed E-state index contributed by atoms with van der Waals surface area (Å²) in [5.41, 5.74) is 1.31. The van der Waals surface area contributed by atoms with Gasteiger partial charge in [-0.2, -0.15) is 0 Å². The molecular weight excluding hydrogens is 392 g/mol. The second-order valence-corrected chi connectivity index (χ2v) is 8.81. The van der Waals surface area contributed by atoms with Crippen molar-refractivity contribution in [3.05, 3.63) is 54.1 Å². The first-order chi connectivity index (χ1) is 13.8. The van der Waals surface area contributed by atoms with Gasteiger partial charge in [-0.1, -0.05) is 31.2 Å². The predicted molar refractivity (Wildman–Crippen MR) is 112 cm³/mol. The van der Waals surface area contributed by atoms with Crippen LogP contribution in [0.4, 0.5) is 5.69 Å². The molecule has 0 bridgehead atoms. The number of carbonyl (C=O) groups excluding carboxylic acids is 1. The number of sulfonamides is 1. The first-order valence-electron chi connectivity index (χ1n) is 9.55. The zero-order chi connectivity index (χ0) is 21.0. The van der Waals surface area contributed by atoms with E-state index in [0.29, 0.717) is 36.8 Å². The zero-order valence-corrected chi connectivity index (χ0v) is 17.6. The number of para-hydroxylation sites is 1. The number of rotatable bonds is 7. The van der Waals surface area contributed by atoms with Crippen molar-refractivity contribution in [2.24, 2.45) is 0 Å². The number of ether oxygens (including phenoxy) is 2. The monoisotopic (exact) mass is 418 g/mol. The number of carbonyl (C=O) groups is 1. The summed E-state index contributed by atoms with van der Waals surface area (Å²) in [5.74, 6) is 0.963. The van der Waals surface area contributed by atoms with Crippen LogP contribution >= 0.6 is 0 Å². The summed E-state index contributed by atoms with van der Waals surface area (Å²) in [5, 5.41) is 2.93. The highest BCUT2D eigenvalue weighted by Crippen LogP contribution is 2.32. The average Bonchev–Trinajstić information content (AvgIpc) is 2.71. The number of benzene rings is 2. The molecule has 156 valence electrons. The minimum atomic E-state index is -3.65. The lowest BCUT2D eigenvalue weighted by molar-refractivity contribution is -0.122. The minimum absolute atomic E-state index is 0.329. The maximum atomic E-state index is 13.0. The van der Waals surface area contributed by atoms with Crippen LogP contribution in [0.25, 0.3) is 0 Å². The van der Waals surface area contributed by atoms with E-state index >= 15 is 0 Å². The Morgan fingerprint density at radius 1 is 1.10 bits per heavy atom. The van der Waals surface area contributed by atoms with E-state index in [1.807, 2.05) is 25.1 Å². The van der Waals surface area contributed by atoms with Crippen LogP contribution < -0.4 is 19.1 Å². The van der Waals surface area contributed by atoms with Crippen molar-refractivity contribution in [1.29, 1.82) is 0 Å². The van der Waals surface area contributed by atoms with Crippen molar-refractivity contribution in [1.82, 2.24) is 5.32 Å². The lowest BCUT2D eigenvalue weighted by Crippen LogP contribution is -2.49. The lowest BCUT2D eigenvalue weighted by atomic mass is 10.1. The van der Waals surface area contributed by atoms with Gasteiger partial charge in [-0.25, -0.2) is 8.42 Å². The van der Waals surface area contributed by atoms with Gasteiger partial charge in [0.05, 0.1) is 18.0 Å². The van der Waals surface area contributed by atoms with Gasteiger partial charge in [0.25, 0.3) is 0 Å². The standard InChI is InChI=1S/C21H26N2O5S/c1-4-18(23(29(3,25)26)17-8-6-5-7-9-17)21(24)22-15(2)16-10-11-19-20(14-16)28-13-12-27-19/h5-11,14-15,18H,4,12-13H2,1-3H3,(H,22,24)/t15-,18+/m0/s1. The van der Waals surface area contributed by atoms with Crippen LogP contribution in [0.2, 0.25) is 0 Å². The smallest absolute Gasteiger partial charge is 0.244 e. The quantitative estimate of drug-likeness (QED) is 0.747. The van der Waals surface area contributed by atoms with Gasteiger partial charge >= 0.3 is 0 Å². The third-order valence-electron chi connectivity index (χ3n) is 4.77. The number of hydrogen-bond donors (Lipinski definition) is 1. The van der Waals surface area contributed by atoms with Crippen LogP contribution in [0.5, 0.6) is 11.5 Å². The van der Waals surface area contributed by atoms with Gasteiger partial charge in [0.2, 0.25) is 15.9 Å². The number of fused-ring (bicyclic) bond motifs is 1. The van der Waals surface area contributed by atoms with E-state index in [0.717, 1.165) is 11.8 Å².